The van der Waals surface area contributed by atoms with Crippen molar-refractivity contribution in [2.45, 2.75) is 52.3 Å². The fraction of sp³-hybridized carbons (Fsp3) is 0.391. The van der Waals surface area contributed by atoms with Crippen LogP contribution >= 0.6 is 0 Å². The van der Waals surface area contributed by atoms with Crippen LogP contribution in [0.15, 0.2) is 53.3 Å². The summed E-state index contributed by atoms with van der Waals surface area (Å²) in [5.74, 6) is 0.820. The SMILES string of the molecule is CCCn1c(=O)n(C[C@H](O)COc2ccc(CCC(C)=O)cc2)c2ccccc21. The maximum absolute atomic E-state index is 12.8. The summed E-state index contributed by atoms with van der Waals surface area (Å²) in [6.07, 6.45) is 1.29. The number of nitrogens with zero attached hydrogens (tertiary/aromatic N) is 2. The summed E-state index contributed by atoms with van der Waals surface area (Å²) in [6, 6.07) is 15.2. The molecule has 1 aromatic heterocycles. The molecule has 0 unspecified atom stereocenters. The Bertz CT molecular complexity index is 1020. The lowest BCUT2D eigenvalue weighted by Crippen LogP contribution is -2.31. The largest absolute Gasteiger partial charge is 0.491 e. The van der Waals surface area contributed by atoms with Gasteiger partial charge in [0.1, 0.15) is 24.2 Å². The van der Waals surface area contributed by atoms with Gasteiger partial charge in [-0.3, -0.25) is 9.13 Å². The zero-order valence-corrected chi connectivity index (χ0v) is 17.0. The second kappa shape index (κ2) is 9.56. The lowest BCUT2D eigenvalue weighted by Gasteiger charge is -2.13. The van der Waals surface area contributed by atoms with E-state index in [1.54, 1.807) is 16.1 Å². The highest BCUT2D eigenvalue weighted by atomic mass is 16.5. The summed E-state index contributed by atoms with van der Waals surface area (Å²) in [4.78, 5) is 23.9. The molecule has 0 spiro atoms. The van der Waals surface area contributed by atoms with Gasteiger partial charge >= 0.3 is 5.69 Å². The molecule has 3 rings (SSSR count). The van der Waals surface area contributed by atoms with Gasteiger partial charge in [0.15, 0.2) is 0 Å². The maximum Gasteiger partial charge on any atom is 0.329 e. The average molecular weight is 396 g/mol. The van der Waals surface area contributed by atoms with Crippen molar-refractivity contribution < 1.29 is 14.6 Å². The zero-order chi connectivity index (χ0) is 20.8. The fourth-order valence-electron chi connectivity index (χ4n) is 3.42. The number of aliphatic hydroxyl groups is 1. The van der Waals surface area contributed by atoms with Crippen molar-refractivity contribution in [3.63, 3.8) is 0 Å². The van der Waals surface area contributed by atoms with E-state index in [4.69, 9.17) is 4.74 Å². The number of benzene rings is 2. The van der Waals surface area contributed by atoms with Gasteiger partial charge in [-0.05, 0) is 49.6 Å². The van der Waals surface area contributed by atoms with Gasteiger partial charge in [0.25, 0.3) is 0 Å². The minimum atomic E-state index is -0.814. The Balaban J connectivity index is 1.64. The van der Waals surface area contributed by atoms with Crippen LogP contribution in [0.1, 0.15) is 32.3 Å². The summed E-state index contributed by atoms with van der Waals surface area (Å²) in [5.41, 5.74) is 2.67. The van der Waals surface area contributed by atoms with Crippen LogP contribution in [0.25, 0.3) is 11.0 Å². The first kappa shape index (κ1) is 20.9. The summed E-state index contributed by atoms with van der Waals surface area (Å²) >= 11 is 0. The quantitative estimate of drug-likeness (QED) is 0.571. The molecule has 0 saturated heterocycles. The first-order chi connectivity index (χ1) is 14.0. The molecule has 0 saturated carbocycles. The Morgan fingerprint density at radius 1 is 1.07 bits per heavy atom. The molecule has 0 fully saturated rings. The number of ether oxygens (including phenoxy) is 1. The van der Waals surface area contributed by atoms with Crippen molar-refractivity contribution in [3.8, 4) is 5.75 Å². The minimum Gasteiger partial charge on any atom is -0.491 e. The molecule has 3 aromatic rings. The Labute approximate surface area is 170 Å². The van der Waals surface area contributed by atoms with Crippen LogP contribution in [0.5, 0.6) is 5.75 Å². The van der Waals surface area contributed by atoms with E-state index in [2.05, 4.69) is 0 Å². The number of carbonyl (C=O) groups excluding carboxylic acids is 1. The van der Waals surface area contributed by atoms with Gasteiger partial charge in [-0.25, -0.2) is 4.79 Å². The highest BCUT2D eigenvalue weighted by Crippen LogP contribution is 2.16. The van der Waals surface area contributed by atoms with Gasteiger partial charge in [0.2, 0.25) is 0 Å². The van der Waals surface area contributed by atoms with Gasteiger partial charge < -0.3 is 14.6 Å². The monoisotopic (exact) mass is 396 g/mol. The molecular weight excluding hydrogens is 368 g/mol. The lowest BCUT2D eigenvalue weighted by atomic mass is 10.1. The van der Waals surface area contributed by atoms with Crippen molar-refractivity contribution in [1.29, 1.82) is 0 Å². The number of Topliss-reactive ketones (excluding diaryl/α,β-unsaturated/α-hetero) is 1. The first-order valence-electron chi connectivity index (χ1n) is 10.1. The van der Waals surface area contributed by atoms with Crippen molar-refractivity contribution in [2.75, 3.05) is 6.61 Å². The first-order valence-corrected chi connectivity index (χ1v) is 10.1. The third-order valence-corrected chi connectivity index (χ3v) is 4.90. The van der Waals surface area contributed by atoms with E-state index >= 15 is 0 Å². The van der Waals surface area contributed by atoms with Gasteiger partial charge in [-0.2, -0.15) is 0 Å². The number of rotatable bonds is 10. The normalized spacial score (nSPS) is 12.2. The topological polar surface area (TPSA) is 73.5 Å². The molecule has 29 heavy (non-hydrogen) atoms. The predicted octanol–water partition coefficient (Wildman–Crippen LogP) is 3.17. The Morgan fingerprint density at radius 3 is 2.34 bits per heavy atom. The van der Waals surface area contributed by atoms with E-state index in [9.17, 15) is 14.7 Å². The van der Waals surface area contributed by atoms with Crippen LogP contribution in [0, 0.1) is 0 Å². The highest BCUT2D eigenvalue weighted by Gasteiger charge is 2.15. The number of carbonyl (C=O) groups is 1. The molecule has 154 valence electrons. The molecule has 0 amide bonds. The molecular formula is C23H28N2O4. The number of aryl methyl sites for hydroxylation is 2. The third-order valence-electron chi connectivity index (χ3n) is 4.90. The summed E-state index contributed by atoms with van der Waals surface area (Å²) in [6.45, 7) is 4.53. The smallest absolute Gasteiger partial charge is 0.329 e. The Hall–Kier alpha value is -2.86. The molecule has 0 aliphatic carbocycles. The standard InChI is InChI=1S/C23H28N2O4/c1-3-14-24-21-6-4-5-7-22(21)25(23(24)28)15-19(27)16-29-20-12-10-18(11-13-20)9-8-17(2)26/h4-7,10-13,19,27H,3,8-9,14-16H2,1-2H3/t19-/m0/s1. The maximum atomic E-state index is 12.8. The van der Waals surface area contributed by atoms with E-state index < -0.39 is 6.10 Å². The molecule has 0 aliphatic heterocycles. The molecule has 2 aromatic carbocycles. The molecule has 1 N–H and O–H groups in total. The van der Waals surface area contributed by atoms with Gasteiger partial charge in [0.05, 0.1) is 17.6 Å². The number of ketones is 1. The van der Waals surface area contributed by atoms with E-state index in [-0.39, 0.29) is 24.6 Å². The molecule has 1 atom stereocenters. The lowest BCUT2D eigenvalue weighted by molar-refractivity contribution is -0.116. The van der Waals surface area contributed by atoms with E-state index in [1.165, 1.54) is 0 Å². The summed E-state index contributed by atoms with van der Waals surface area (Å²) in [5, 5.41) is 10.5. The molecule has 1 heterocycles. The van der Waals surface area contributed by atoms with Crippen molar-refractivity contribution in [1.82, 2.24) is 9.13 Å². The molecule has 6 heteroatoms. The average Bonchev–Trinajstić information content (AvgIpc) is 2.98. The molecule has 0 aliphatic rings. The van der Waals surface area contributed by atoms with Crippen molar-refractivity contribution >= 4 is 16.8 Å². The number of hydrogen-bond acceptors (Lipinski definition) is 4. The van der Waals surface area contributed by atoms with E-state index in [1.807, 2.05) is 55.5 Å². The summed E-state index contributed by atoms with van der Waals surface area (Å²) in [7, 11) is 0. The van der Waals surface area contributed by atoms with Crippen LogP contribution in [0.4, 0.5) is 0 Å². The number of fused-ring (bicyclic) bond motifs is 1. The molecule has 0 bridgehead atoms. The zero-order valence-electron chi connectivity index (χ0n) is 17.0. The van der Waals surface area contributed by atoms with Crippen LogP contribution in [-0.2, 0) is 24.3 Å². The summed E-state index contributed by atoms with van der Waals surface area (Å²) < 4.78 is 9.06. The van der Waals surface area contributed by atoms with Crippen molar-refractivity contribution in [3.05, 3.63) is 64.6 Å². The molecule has 6 nitrogen and oxygen atoms in total. The molecule has 0 radical (unpaired) electrons. The number of aromatic nitrogens is 2. The van der Waals surface area contributed by atoms with Crippen LogP contribution < -0.4 is 10.4 Å². The Kier molecular flexibility index (Phi) is 6.88. The van der Waals surface area contributed by atoms with Crippen LogP contribution in [0.2, 0.25) is 0 Å². The predicted molar refractivity (Wildman–Crippen MR) is 113 cm³/mol. The fourth-order valence-corrected chi connectivity index (χ4v) is 3.42. The van der Waals surface area contributed by atoms with Gasteiger partial charge in [0, 0.05) is 13.0 Å². The van der Waals surface area contributed by atoms with Crippen LogP contribution in [0.3, 0.4) is 0 Å². The van der Waals surface area contributed by atoms with Crippen molar-refractivity contribution in [2.24, 2.45) is 0 Å². The minimum absolute atomic E-state index is 0.0898. The van der Waals surface area contributed by atoms with Gasteiger partial charge in [-0.15, -0.1) is 0 Å². The Morgan fingerprint density at radius 2 is 1.72 bits per heavy atom. The third kappa shape index (κ3) is 5.15. The van der Waals surface area contributed by atoms with E-state index in [0.717, 1.165) is 23.0 Å². The number of para-hydroxylation sites is 2. The van der Waals surface area contributed by atoms with E-state index in [0.29, 0.717) is 25.1 Å². The second-order valence-corrected chi connectivity index (χ2v) is 7.34. The number of hydrogen-bond donors (Lipinski definition) is 1. The highest BCUT2D eigenvalue weighted by molar-refractivity contribution is 5.76. The second-order valence-electron chi connectivity index (χ2n) is 7.34. The van der Waals surface area contributed by atoms with Gasteiger partial charge in [-0.1, -0.05) is 31.2 Å². The number of imidazole rings is 1. The van der Waals surface area contributed by atoms with Crippen LogP contribution in [-0.4, -0.2) is 32.7 Å². The number of aliphatic hydroxyl groups excluding tert-OH is 1.